The van der Waals surface area contributed by atoms with Gasteiger partial charge in [-0.05, 0) is 33.4 Å². The molecule has 1 heterocycles. The number of nitrogens with zero attached hydrogens (tertiary/aromatic N) is 2. The van der Waals surface area contributed by atoms with E-state index in [1.165, 1.54) is 4.90 Å². The lowest BCUT2D eigenvalue weighted by Crippen LogP contribution is -2.45. The van der Waals surface area contributed by atoms with Crippen LogP contribution in [-0.2, 0) is 0 Å². The van der Waals surface area contributed by atoms with Crippen LogP contribution in [0.1, 0.15) is 19.8 Å². The summed E-state index contributed by atoms with van der Waals surface area (Å²) < 4.78 is 0. The molecule has 1 N–H and O–H groups in total. The number of hydrogen-bond acceptors (Lipinski definition) is 2. The molecular formula is C8H16N2O2. The maximum absolute atomic E-state index is 10.8. The molecule has 0 aromatic rings. The van der Waals surface area contributed by atoms with Gasteiger partial charge in [0.05, 0.1) is 6.17 Å². The van der Waals surface area contributed by atoms with E-state index in [-0.39, 0.29) is 6.17 Å². The van der Waals surface area contributed by atoms with E-state index < -0.39 is 6.09 Å². The topological polar surface area (TPSA) is 43.8 Å². The number of carboxylic acid groups (broad SMARTS) is 1. The molecule has 1 aliphatic rings. The zero-order valence-corrected chi connectivity index (χ0v) is 7.66. The average molecular weight is 172 g/mol. The molecule has 0 saturated carbocycles. The van der Waals surface area contributed by atoms with E-state index in [0.717, 1.165) is 19.4 Å². The molecular weight excluding hydrogens is 156 g/mol. The molecule has 1 atom stereocenters. The van der Waals surface area contributed by atoms with Crippen molar-refractivity contribution in [1.82, 2.24) is 9.80 Å². The molecule has 0 bridgehead atoms. The normalized spacial score (nSPS) is 24.3. The van der Waals surface area contributed by atoms with Crippen LogP contribution in [0.15, 0.2) is 0 Å². The van der Waals surface area contributed by atoms with Crippen molar-refractivity contribution in [2.24, 2.45) is 0 Å². The molecule has 0 spiro atoms. The van der Waals surface area contributed by atoms with Gasteiger partial charge in [0.25, 0.3) is 0 Å². The van der Waals surface area contributed by atoms with E-state index >= 15 is 0 Å². The summed E-state index contributed by atoms with van der Waals surface area (Å²) in [4.78, 5) is 14.4. The summed E-state index contributed by atoms with van der Waals surface area (Å²) >= 11 is 0. The standard InChI is InChI=1S/C8H16N2O2/c1-3-10(8(11)12)7-5-4-6-9(7)2/h7H,3-6H2,1-2H3,(H,11,12). The number of likely N-dealkylation sites (tertiary alicyclic amines) is 1. The Morgan fingerprint density at radius 1 is 1.75 bits per heavy atom. The SMILES string of the molecule is CCN(C(=O)O)C1CCCN1C. The summed E-state index contributed by atoms with van der Waals surface area (Å²) in [6, 6.07) is 0. The van der Waals surface area contributed by atoms with Gasteiger partial charge in [-0.2, -0.15) is 0 Å². The Labute approximate surface area is 72.8 Å². The molecule has 1 unspecified atom stereocenters. The second kappa shape index (κ2) is 3.76. The minimum atomic E-state index is -0.809. The number of rotatable bonds is 2. The zero-order valence-electron chi connectivity index (χ0n) is 7.66. The summed E-state index contributed by atoms with van der Waals surface area (Å²) in [5, 5.41) is 8.85. The summed E-state index contributed by atoms with van der Waals surface area (Å²) in [5.41, 5.74) is 0. The fourth-order valence-corrected chi connectivity index (χ4v) is 1.76. The van der Waals surface area contributed by atoms with Crippen molar-refractivity contribution in [2.45, 2.75) is 25.9 Å². The van der Waals surface area contributed by atoms with E-state index in [9.17, 15) is 4.79 Å². The molecule has 1 saturated heterocycles. The lowest BCUT2D eigenvalue weighted by Gasteiger charge is -2.29. The van der Waals surface area contributed by atoms with Crippen molar-refractivity contribution in [3.8, 4) is 0 Å². The molecule has 4 nitrogen and oxygen atoms in total. The lowest BCUT2D eigenvalue weighted by atomic mass is 10.3. The van der Waals surface area contributed by atoms with Crippen LogP contribution in [0, 0.1) is 0 Å². The molecule has 1 amide bonds. The van der Waals surface area contributed by atoms with Crippen LogP contribution in [0.2, 0.25) is 0 Å². The van der Waals surface area contributed by atoms with E-state index in [1.807, 2.05) is 14.0 Å². The third-order valence-corrected chi connectivity index (χ3v) is 2.43. The van der Waals surface area contributed by atoms with Crippen molar-refractivity contribution in [3.05, 3.63) is 0 Å². The van der Waals surface area contributed by atoms with Crippen LogP contribution < -0.4 is 0 Å². The molecule has 12 heavy (non-hydrogen) atoms. The van der Waals surface area contributed by atoms with Gasteiger partial charge in [0.2, 0.25) is 0 Å². The van der Waals surface area contributed by atoms with Crippen LogP contribution in [0.3, 0.4) is 0 Å². The van der Waals surface area contributed by atoms with E-state index in [1.54, 1.807) is 0 Å². The molecule has 1 rings (SSSR count). The molecule has 1 fully saturated rings. The summed E-state index contributed by atoms with van der Waals surface area (Å²) in [5.74, 6) is 0. The number of amides is 1. The molecule has 70 valence electrons. The highest BCUT2D eigenvalue weighted by Crippen LogP contribution is 2.18. The van der Waals surface area contributed by atoms with Crippen LogP contribution in [0.4, 0.5) is 4.79 Å². The minimum Gasteiger partial charge on any atom is -0.465 e. The first-order chi connectivity index (χ1) is 5.66. The van der Waals surface area contributed by atoms with Crippen LogP contribution >= 0.6 is 0 Å². The summed E-state index contributed by atoms with van der Waals surface area (Å²) in [6.45, 7) is 3.46. The van der Waals surface area contributed by atoms with Crippen LogP contribution in [-0.4, -0.2) is 47.3 Å². The van der Waals surface area contributed by atoms with Crippen molar-refractivity contribution in [3.63, 3.8) is 0 Å². The fraction of sp³-hybridized carbons (Fsp3) is 0.875. The van der Waals surface area contributed by atoms with Gasteiger partial charge in [-0.3, -0.25) is 9.80 Å². The maximum Gasteiger partial charge on any atom is 0.408 e. The van der Waals surface area contributed by atoms with Crippen LogP contribution in [0.5, 0.6) is 0 Å². The van der Waals surface area contributed by atoms with E-state index in [2.05, 4.69) is 4.90 Å². The Bertz CT molecular complexity index is 172. The largest absolute Gasteiger partial charge is 0.465 e. The van der Waals surface area contributed by atoms with Gasteiger partial charge < -0.3 is 5.11 Å². The third-order valence-electron chi connectivity index (χ3n) is 2.43. The smallest absolute Gasteiger partial charge is 0.408 e. The highest BCUT2D eigenvalue weighted by molar-refractivity contribution is 5.65. The lowest BCUT2D eigenvalue weighted by molar-refractivity contribution is 0.0826. The number of hydrogen-bond donors (Lipinski definition) is 1. The van der Waals surface area contributed by atoms with Gasteiger partial charge in [-0.15, -0.1) is 0 Å². The van der Waals surface area contributed by atoms with Gasteiger partial charge in [-0.25, -0.2) is 4.79 Å². The molecule has 4 heteroatoms. The predicted molar refractivity (Wildman–Crippen MR) is 46.1 cm³/mol. The second-order valence-electron chi connectivity index (χ2n) is 3.17. The fourth-order valence-electron chi connectivity index (χ4n) is 1.76. The van der Waals surface area contributed by atoms with Crippen molar-refractivity contribution in [1.29, 1.82) is 0 Å². The van der Waals surface area contributed by atoms with Gasteiger partial charge >= 0.3 is 6.09 Å². The molecule has 0 radical (unpaired) electrons. The first-order valence-corrected chi connectivity index (χ1v) is 4.36. The highest BCUT2D eigenvalue weighted by atomic mass is 16.4. The monoisotopic (exact) mass is 172 g/mol. The quantitative estimate of drug-likeness (QED) is 0.676. The van der Waals surface area contributed by atoms with Gasteiger partial charge in [-0.1, -0.05) is 0 Å². The van der Waals surface area contributed by atoms with E-state index in [4.69, 9.17) is 5.11 Å². The Hall–Kier alpha value is -0.770. The van der Waals surface area contributed by atoms with Crippen molar-refractivity contribution in [2.75, 3.05) is 20.1 Å². The van der Waals surface area contributed by atoms with E-state index in [0.29, 0.717) is 6.54 Å². The van der Waals surface area contributed by atoms with Gasteiger partial charge in [0, 0.05) is 6.54 Å². The second-order valence-corrected chi connectivity index (χ2v) is 3.17. The molecule has 0 aromatic carbocycles. The Morgan fingerprint density at radius 3 is 2.75 bits per heavy atom. The first kappa shape index (κ1) is 9.32. The summed E-state index contributed by atoms with van der Waals surface area (Å²) in [7, 11) is 1.98. The Kier molecular flexibility index (Phi) is 2.92. The Morgan fingerprint density at radius 2 is 2.42 bits per heavy atom. The summed E-state index contributed by atoms with van der Waals surface area (Å²) in [6.07, 6.45) is 1.37. The molecule has 1 aliphatic heterocycles. The predicted octanol–water partition coefficient (Wildman–Crippen LogP) is 1.04. The van der Waals surface area contributed by atoms with Crippen molar-refractivity contribution >= 4 is 6.09 Å². The van der Waals surface area contributed by atoms with Gasteiger partial charge in [0.15, 0.2) is 0 Å². The van der Waals surface area contributed by atoms with Gasteiger partial charge in [0.1, 0.15) is 0 Å². The molecule has 0 aromatic heterocycles. The zero-order chi connectivity index (χ0) is 9.14. The first-order valence-electron chi connectivity index (χ1n) is 4.36. The third kappa shape index (κ3) is 1.69. The van der Waals surface area contributed by atoms with Crippen LogP contribution in [0.25, 0.3) is 0 Å². The number of carbonyl (C=O) groups is 1. The Balaban J connectivity index is 2.58. The maximum atomic E-state index is 10.8. The highest BCUT2D eigenvalue weighted by Gasteiger charge is 2.28. The average Bonchev–Trinajstić information content (AvgIpc) is 2.38. The minimum absolute atomic E-state index is 0.104. The molecule has 0 aliphatic carbocycles. The van der Waals surface area contributed by atoms with Crippen molar-refractivity contribution < 1.29 is 9.90 Å².